The molecule has 1 aliphatic heterocycles. The number of hydrogen-bond donors (Lipinski definition) is 4. The van der Waals surface area contributed by atoms with Crippen molar-refractivity contribution < 1.29 is 44.2 Å². The maximum atomic E-state index is 12.8. The van der Waals surface area contributed by atoms with Crippen molar-refractivity contribution in [2.75, 3.05) is 26.4 Å². The lowest BCUT2D eigenvalue weighted by atomic mass is 9.99. The Labute approximate surface area is 391 Å². The van der Waals surface area contributed by atoms with Crippen molar-refractivity contribution >= 4 is 5.97 Å². The SMILES string of the molecule is CC/C=C\C/C=C\C/C=C\C/C=C\CCCCCCCCCCC(=O)OC(COCCCCCCCCCCCC/C=C\C/C=C\CCCCC)COC1OC(CO)C(O)C(O)C1O. The maximum absolute atomic E-state index is 12.8. The van der Waals surface area contributed by atoms with E-state index in [9.17, 15) is 25.2 Å². The van der Waals surface area contributed by atoms with Crippen LogP contribution in [0.25, 0.3) is 0 Å². The molecule has 0 aromatic rings. The van der Waals surface area contributed by atoms with Crippen LogP contribution in [0.15, 0.2) is 72.9 Å². The molecule has 0 spiro atoms. The highest BCUT2D eigenvalue weighted by atomic mass is 16.7. The van der Waals surface area contributed by atoms with Gasteiger partial charge in [0.1, 0.15) is 30.5 Å². The molecule has 1 saturated heterocycles. The highest BCUT2D eigenvalue weighted by Crippen LogP contribution is 2.23. The van der Waals surface area contributed by atoms with Gasteiger partial charge in [-0.2, -0.15) is 0 Å². The van der Waals surface area contributed by atoms with Gasteiger partial charge in [0.2, 0.25) is 0 Å². The first-order valence-corrected chi connectivity index (χ1v) is 26.0. The third-order valence-electron chi connectivity index (χ3n) is 11.6. The molecule has 370 valence electrons. The molecule has 1 heterocycles. The minimum atomic E-state index is -1.54. The maximum Gasteiger partial charge on any atom is 0.306 e. The lowest BCUT2D eigenvalue weighted by Gasteiger charge is -2.39. The number of aliphatic hydroxyl groups excluding tert-OH is 4. The van der Waals surface area contributed by atoms with Crippen LogP contribution in [0.1, 0.15) is 206 Å². The van der Waals surface area contributed by atoms with E-state index in [1.807, 2.05) is 0 Å². The molecule has 1 rings (SSSR count). The molecule has 0 bridgehead atoms. The Bertz CT molecular complexity index is 1210. The third-order valence-corrected chi connectivity index (χ3v) is 11.6. The number of hydrogen-bond acceptors (Lipinski definition) is 9. The lowest BCUT2D eigenvalue weighted by Crippen LogP contribution is -2.59. The first-order valence-electron chi connectivity index (χ1n) is 26.0. The van der Waals surface area contributed by atoms with Gasteiger partial charge in [0.05, 0.1) is 19.8 Å². The Morgan fingerprint density at radius 1 is 0.516 bits per heavy atom. The van der Waals surface area contributed by atoms with Gasteiger partial charge in [0, 0.05) is 13.0 Å². The average molecular weight is 901 g/mol. The van der Waals surface area contributed by atoms with E-state index in [1.165, 1.54) is 116 Å². The van der Waals surface area contributed by atoms with E-state index >= 15 is 0 Å². The van der Waals surface area contributed by atoms with Crippen molar-refractivity contribution in [2.45, 2.75) is 243 Å². The normalized spacial score (nSPS) is 20.1. The zero-order valence-corrected chi connectivity index (χ0v) is 40.8. The summed E-state index contributed by atoms with van der Waals surface area (Å²) >= 11 is 0. The second kappa shape index (κ2) is 45.8. The molecule has 0 amide bonds. The molecule has 0 aromatic carbocycles. The average Bonchev–Trinajstić information content (AvgIpc) is 3.30. The van der Waals surface area contributed by atoms with Crippen LogP contribution in [0.3, 0.4) is 0 Å². The van der Waals surface area contributed by atoms with Crippen molar-refractivity contribution in [3.05, 3.63) is 72.9 Å². The largest absolute Gasteiger partial charge is 0.457 e. The zero-order chi connectivity index (χ0) is 46.4. The molecule has 64 heavy (non-hydrogen) atoms. The van der Waals surface area contributed by atoms with E-state index in [0.717, 1.165) is 70.6 Å². The van der Waals surface area contributed by atoms with Gasteiger partial charge in [0.15, 0.2) is 6.29 Å². The van der Waals surface area contributed by atoms with Crippen molar-refractivity contribution in [3.63, 3.8) is 0 Å². The molecule has 6 atom stereocenters. The number of esters is 1. The molecule has 0 aromatic heterocycles. The fraction of sp³-hybridized carbons (Fsp3) is 0.764. The van der Waals surface area contributed by atoms with E-state index in [2.05, 4.69) is 86.8 Å². The van der Waals surface area contributed by atoms with Gasteiger partial charge in [-0.3, -0.25) is 4.79 Å². The number of carbonyl (C=O) groups excluding carboxylic acids is 1. The van der Waals surface area contributed by atoms with Gasteiger partial charge in [0.25, 0.3) is 0 Å². The predicted molar refractivity (Wildman–Crippen MR) is 265 cm³/mol. The van der Waals surface area contributed by atoms with Crippen LogP contribution in [0, 0.1) is 0 Å². The highest BCUT2D eigenvalue weighted by molar-refractivity contribution is 5.69. The summed E-state index contributed by atoms with van der Waals surface area (Å²) in [5, 5.41) is 40.3. The molecule has 0 radical (unpaired) electrons. The zero-order valence-electron chi connectivity index (χ0n) is 40.8. The first kappa shape index (κ1) is 59.6. The quantitative estimate of drug-likeness (QED) is 0.0268. The molecule has 0 aliphatic carbocycles. The summed E-state index contributed by atoms with van der Waals surface area (Å²) in [6.45, 7) is 4.41. The van der Waals surface area contributed by atoms with Crippen LogP contribution in [0.2, 0.25) is 0 Å². The van der Waals surface area contributed by atoms with Crippen LogP contribution in [0.4, 0.5) is 0 Å². The number of carbonyl (C=O) groups is 1. The second-order valence-corrected chi connectivity index (χ2v) is 17.6. The van der Waals surface area contributed by atoms with Gasteiger partial charge < -0.3 is 39.4 Å². The molecule has 0 saturated carbocycles. The number of rotatable bonds is 44. The molecular weight excluding hydrogens is 805 g/mol. The molecule has 6 unspecified atom stereocenters. The minimum absolute atomic E-state index is 0.121. The van der Waals surface area contributed by atoms with E-state index in [1.54, 1.807) is 0 Å². The summed E-state index contributed by atoms with van der Waals surface area (Å²) in [6.07, 6.45) is 53.6. The Morgan fingerprint density at radius 2 is 0.953 bits per heavy atom. The summed E-state index contributed by atoms with van der Waals surface area (Å²) in [5.41, 5.74) is 0. The van der Waals surface area contributed by atoms with Gasteiger partial charge in [-0.05, 0) is 83.5 Å². The van der Waals surface area contributed by atoms with E-state index < -0.39 is 43.4 Å². The summed E-state index contributed by atoms with van der Waals surface area (Å²) in [4.78, 5) is 12.8. The number of unbranched alkanes of at least 4 members (excludes halogenated alkanes) is 21. The molecular formula is C55H96O9. The van der Waals surface area contributed by atoms with Gasteiger partial charge >= 0.3 is 5.97 Å². The number of ether oxygens (including phenoxy) is 4. The predicted octanol–water partition coefficient (Wildman–Crippen LogP) is 12.8. The van der Waals surface area contributed by atoms with Crippen molar-refractivity contribution in [1.82, 2.24) is 0 Å². The van der Waals surface area contributed by atoms with Crippen LogP contribution >= 0.6 is 0 Å². The Balaban J connectivity index is 2.21. The summed E-state index contributed by atoms with van der Waals surface area (Å²) in [5.74, 6) is -0.324. The highest BCUT2D eigenvalue weighted by Gasteiger charge is 2.44. The van der Waals surface area contributed by atoms with Crippen LogP contribution < -0.4 is 0 Å². The van der Waals surface area contributed by atoms with Gasteiger partial charge in [-0.15, -0.1) is 0 Å². The number of allylic oxidation sites excluding steroid dienone is 12. The summed E-state index contributed by atoms with van der Waals surface area (Å²) in [6, 6.07) is 0. The van der Waals surface area contributed by atoms with Crippen molar-refractivity contribution in [2.24, 2.45) is 0 Å². The first-order chi connectivity index (χ1) is 31.4. The molecule has 1 aliphatic rings. The fourth-order valence-corrected chi connectivity index (χ4v) is 7.57. The third kappa shape index (κ3) is 35.8. The van der Waals surface area contributed by atoms with Gasteiger partial charge in [-0.25, -0.2) is 0 Å². The van der Waals surface area contributed by atoms with Gasteiger partial charge in [-0.1, -0.05) is 189 Å². The van der Waals surface area contributed by atoms with Crippen LogP contribution in [-0.4, -0.2) is 89.6 Å². The molecule has 9 nitrogen and oxygen atoms in total. The molecule has 9 heteroatoms. The Hall–Kier alpha value is -2.37. The van der Waals surface area contributed by atoms with Crippen LogP contribution in [0.5, 0.6) is 0 Å². The van der Waals surface area contributed by atoms with E-state index in [-0.39, 0.29) is 19.2 Å². The second-order valence-electron chi connectivity index (χ2n) is 17.6. The Kier molecular flexibility index (Phi) is 42.7. The summed E-state index contributed by atoms with van der Waals surface area (Å²) < 4.78 is 22.9. The number of aliphatic hydroxyl groups is 4. The van der Waals surface area contributed by atoms with Crippen molar-refractivity contribution in [3.8, 4) is 0 Å². The van der Waals surface area contributed by atoms with Crippen molar-refractivity contribution in [1.29, 1.82) is 0 Å². The standard InChI is InChI=1S/C55H96O9/c1-3-5-7-9-11-13-15-17-19-21-23-25-26-28-30-32-34-36-38-40-42-44-51(57)63-49(48-62-55-54(60)53(59)52(58)50(46-56)64-55)47-61-45-43-41-39-37-35-33-31-29-27-24-22-20-18-16-14-12-10-8-6-4-2/h5,7,11-14,17-20,23,25,49-50,52-56,58-60H,3-4,6,8-10,15-16,21-22,24,26-48H2,1-2H3/b7-5-,13-11-,14-12-,19-17-,20-18-,25-23-. The monoisotopic (exact) mass is 901 g/mol. The summed E-state index contributed by atoms with van der Waals surface area (Å²) in [7, 11) is 0. The van der Waals surface area contributed by atoms with E-state index in [0.29, 0.717) is 13.0 Å². The smallest absolute Gasteiger partial charge is 0.306 e. The Morgan fingerprint density at radius 3 is 1.44 bits per heavy atom. The minimum Gasteiger partial charge on any atom is -0.457 e. The molecule has 1 fully saturated rings. The topological polar surface area (TPSA) is 135 Å². The fourth-order valence-electron chi connectivity index (χ4n) is 7.57. The molecule has 4 N–H and O–H groups in total. The lowest BCUT2D eigenvalue weighted by molar-refractivity contribution is -0.305. The van der Waals surface area contributed by atoms with E-state index in [4.69, 9.17) is 18.9 Å². The van der Waals surface area contributed by atoms with Crippen LogP contribution in [-0.2, 0) is 23.7 Å².